The Bertz CT molecular complexity index is 586. The van der Waals surface area contributed by atoms with Crippen molar-refractivity contribution >= 4 is 28.7 Å². The summed E-state index contributed by atoms with van der Waals surface area (Å²) in [7, 11) is 1.82. The number of imidazole rings is 1. The molecule has 0 radical (unpaired) electrons. The van der Waals surface area contributed by atoms with Gasteiger partial charge in [-0.3, -0.25) is 14.9 Å². The van der Waals surface area contributed by atoms with Crippen molar-refractivity contribution in [3.63, 3.8) is 0 Å². The maximum atomic E-state index is 11.5. The van der Waals surface area contributed by atoms with Crippen LogP contribution in [0.3, 0.4) is 0 Å². The highest BCUT2D eigenvalue weighted by molar-refractivity contribution is 6.03. The number of amides is 1. The minimum Gasteiger partial charge on any atom is -0.313 e. The van der Waals surface area contributed by atoms with Crippen molar-refractivity contribution in [1.82, 2.24) is 9.55 Å². The zero-order valence-corrected chi connectivity index (χ0v) is 9.73. The standard InChI is InChI=1S/C12H13N3O2/c1-8(16)7-11(17)14-12-13-9-5-3-4-6-10(9)15(12)2/h3-6H,7H2,1-2H3,(H,13,14,17). The van der Waals surface area contributed by atoms with Gasteiger partial charge in [-0.2, -0.15) is 0 Å². The van der Waals surface area contributed by atoms with Crippen LogP contribution in [0.4, 0.5) is 5.95 Å². The third-order valence-electron chi connectivity index (χ3n) is 2.45. The van der Waals surface area contributed by atoms with Crippen LogP contribution in [0.2, 0.25) is 0 Å². The maximum Gasteiger partial charge on any atom is 0.234 e. The highest BCUT2D eigenvalue weighted by atomic mass is 16.2. The van der Waals surface area contributed by atoms with Crippen molar-refractivity contribution in [2.24, 2.45) is 7.05 Å². The van der Waals surface area contributed by atoms with E-state index in [9.17, 15) is 9.59 Å². The molecular weight excluding hydrogens is 218 g/mol. The van der Waals surface area contributed by atoms with Crippen molar-refractivity contribution in [3.05, 3.63) is 24.3 Å². The Morgan fingerprint density at radius 3 is 2.71 bits per heavy atom. The minimum atomic E-state index is -0.337. The molecule has 0 spiro atoms. The van der Waals surface area contributed by atoms with Gasteiger partial charge in [0.05, 0.1) is 17.5 Å². The van der Waals surface area contributed by atoms with Gasteiger partial charge in [0.2, 0.25) is 11.9 Å². The molecule has 0 aliphatic carbocycles. The smallest absolute Gasteiger partial charge is 0.234 e. The Balaban J connectivity index is 2.27. The van der Waals surface area contributed by atoms with Gasteiger partial charge in [-0.15, -0.1) is 0 Å². The summed E-state index contributed by atoms with van der Waals surface area (Å²) in [5, 5.41) is 2.62. The number of benzene rings is 1. The molecule has 88 valence electrons. The molecule has 0 aliphatic rings. The average molecular weight is 231 g/mol. The van der Waals surface area contributed by atoms with Gasteiger partial charge in [0.25, 0.3) is 0 Å². The van der Waals surface area contributed by atoms with Crippen LogP contribution in [0.25, 0.3) is 11.0 Å². The number of hydrogen-bond acceptors (Lipinski definition) is 3. The van der Waals surface area contributed by atoms with Crippen molar-refractivity contribution < 1.29 is 9.59 Å². The van der Waals surface area contributed by atoms with Crippen LogP contribution >= 0.6 is 0 Å². The number of aromatic nitrogens is 2. The molecule has 0 atom stereocenters. The van der Waals surface area contributed by atoms with Crippen LogP contribution in [0, 0.1) is 0 Å². The highest BCUT2D eigenvalue weighted by Gasteiger charge is 2.11. The van der Waals surface area contributed by atoms with Crippen LogP contribution in [0.1, 0.15) is 13.3 Å². The fourth-order valence-electron chi connectivity index (χ4n) is 1.65. The van der Waals surface area contributed by atoms with Crippen LogP contribution in [-0.2, 0) is 16.6 Å². The van der Waals surface area contributed by atoms with E-state index in [1.54, 1.807) is 4.57 Å². The molecule has 0 fully saturated rings. The second-order valence-corrected chi connectivity index (χ2v) is 3.91. The molecule has 0 saturated carbocycles. The SMILES string of the molecule is CC(=O)CC(=O)Nc1nc2ccccc2n1C. The molecule has 0 aliphatic heterocycles. The van der Waals surface area contributed by atoms with E-state index in [4.69, 9.17) is 0 Å². The minimum absolute atomic E-state index is 0.122. The van der Waals surface area contributed by atoms with Crippen LogP contribution in [-0.4, -0.2) is 21.2 Å². The number of Topliss-reactive ketones (excluding diaryl/α,β-unsaturated/α-hetero) is 1. The summed E-state index contributed by atoms with van der Waals surface area (Å²) in [5.41, 5.74) is 1.75. The van der Waals surface area contributed by atoms with Crippen molar-refractivity contribution in [2.45, 2.75) is 13.3 Å². The first-order valence-electron chi connectivity index (χ1n) is 5.28. The van der Waals surface area contributed by atoms with Gasteiger partial charge < -0.3 is 4.57 Å². The molecule has 5 nitrogen and oxygen atoms in total. The zero-order valence-electron chi connectivity index (χ0n) is 9.73. The lowest BCUT2D eigenvalue weighted by atomic mass is 10.3. The molecule has 0 saturated heterocycles. The van der Waals surface area contributed by atoms with Gasteiger partial charge in [-0.25, -0.2) is 4.98 Å². The van der Waals surface area contributed by atoms with Crippen LogP contribution in [0.15, 0.2) is 24.3 Å². The van der Waals surface area contributed by atoms with Crippen molar-refractivity contribution in [3.8, 4) is 0 Å². The first-order valence-corrected chi connectivity index (χ1v) is 5.28. The Kier molecular flexibility index (Phi) is 2.91. The van der Waals surface area contributed by atoms with E-state index < -0.39 is 0 Å². The third kappa shape index (κ3) is 2.33. The number of para-hydroxylation sites is 2. The lowest BCUT2D eigenvalue weighted by Gasteiger charge is -2.03. The lowest BCUT2D eigenvalue weighted by molar-refractivity contribution is -0.124. The molecular formula is C12H13N3O2. The van der Waals surface area contributed by atoms with Gasteiger partial charge in [0.1, 0.15) is 5.78 Å². The number of fused-ring (bicyclic) bond motifs is 1. The summed E-state index contributed by atoms with van der Waals surface area (Å²) in [6.07, 6.45) is -0.122. The number of rotatable bonds is 3. The average Bonchev–Trinajstić information content (AvgIpc) is 2.55. The van der Waals surface area contributed by atoms with Gasteiger partial charge in [-0.05, 0) is 19.1 Å². The second kappa shape index (κ2) is 4.37. The summed E-state index contributed by atoms with van der Waals surface area (Å²) in [5.74, 6) is -0.0466. The molecule has 0 bridgehead atoms. The first kappa shape index (κ1) is 11.3. The molecule has 1 N–H and O–H groups in total. The Morgan fingerprint density at radius 1 is 1.35 bits per heavy atom. The molecule has 1 aromatic heterocycles. The first-order chi connectivity index (χ1) is 8.08. The summed E-state index contributed by atoms with van der Waals surface area (Å²) >= 11 is 0. The number of nitrogens with zero attached hydrogens (tertiary/aromatic N) is 2. The van der Waals surface area contributed by atoms with E-state index in [0.29, 0.717) is 5.95 Å². The molecule has 1 heterocycles. The summed E-state index contributed by atoms with van der Waals surface area (Å²) in [6, 6.07) is 7.58. The zero-order chi connectivity index (χ0) is 12.4. The topological polar surface area (TPSA) is 64.0 Å². The predicted octanol–water partition coefficient (Wildman–Crippen LogP) is 1.49. The largest absolute Gasteiger partial charge is 0.313 e. The molecule has 1 amide bonds. The summed E-state index contributed by atoms with van der Waals surface area (Å²) in [4.78, 5) is 26.6. The molecule has 17 heavy (non-hydrogen) atoms. The number of hydrogen-bond donors (Lipinski definition) is 1. The van der Waals surface area contributed by atoms with Gasteiger partial charge >= 0.3 is 0 Å². The van der Waals surface area contributed by atoms with Gasteiger partial charge in [0, 0.05) is 7.05 Å². The fourth-order valence-corrected chi connectivity index (χ4v) is 1.65. The molecule has 2 aromatic rings. The van der Waals surface area contributed by atoms with E-state index >= 15 is 0 Å². The van der Waals surface area contributed by atoms with Gasteiger partial charge in [-0.1, -0.05) is 12.1 Å². The van der Waals surface area contributed by atoms with E-state index in [1.165, 1.54) is 6.92 Å². The highest BCUT2D eigenvalue weighted by Crippen LogP contribution is 2.17. The molecule has 0 unspecified atom stereocenters. The predicted molar refractivity (Wildman–Crippen MR) is 64.6 cm³/mol. The normalized spacial score (nSPS) is 10.5. The van der Waals surface area contributed by atoms with Crippen molar-refractivity contribution in [1.29, 1.82) is 0 Å². The Labute approximate surface area is 98.4 Å². The van der Waals surface area contributed by atoms with E-state index in [1.807, 2.05) is 31.3 Å². The Morgan fingerprint density at radius 2 is 2.06 bits per heavy atom. The monoisotopic (exact) mass is 231 g/mol. The number of carbonyl (C=O) groups excluding carboxylic acids is 2. The number of aryl methyl sites for hydroxylation is 1. The summed E-state index contributed by atoms with van der Waals surface area (Å²) in [6.45, 7) is 1.38. The van der Waals surface area contributed by atoms with E-state index in [0.717, 1.165) is 11.0 Å². The van der Waals surface area contributed by atoms with E-state index in [-0.39, 0.29) is 18.1 Å². The van der Waals surface area contributed by atoms with Crippen LogP contribution in [0.5, 0.6) is 0 Å². The number of nitrogens with one attached hydrogen (secondary N) is 1. The lowest BCUT2D eigenvalue weighted by Crippen LogP contribution is -2.17. The van der Waals surface area contributed by atoms with Crippen LogP contribution < -0.4 is 5.32 Å². The summed E-state index contributed by atoms with van der Waals surface area (Å²) < 4.78 is 1.79. The fraction of sp³-hybridized carbons (Fsp3) is 0.250. The van der Waals surface area contributed by atoms with Crippen molar-refractivity contribution in [2.75, 3.05) is 5.32 Å². The molecule has 2 rings (SSSR count). The number of carbonyl (C=O) groups is 2. The maximum absolute atomic E-state index is 11.5. The quantitative estimate of drug-likeness (QED) is 0.814. The number of anilines is 1. The van der Waals surface area contributed by atoms with Gasteiger partial charge in [0.15, 0.2) is 0 Å². The third-order valence-corrected chi connectivity index (χ3v) is 2.45. The number of ketones is 1. The van der Waals surface area contributed by atoms with E-state index in [2.05, 4.69) is 10.3 Å². The molecule has 5 heteroatoms. The molecule has 1 aromatic carbocycles. The second-order valence-electron chi connectivity index (χ2n) is 3.91. The Hall–Kier alpha value is -2.17.